The maximum absolute atomic E-state index is 9.38. The minimum absolute atomic E-state index is 0.121. The summed E-state index contributed by atoms with van der Waals surface area (Å²) in [6, 6.07) is 8.32. The topological polar surface area (TPSA) is 25.2 Å². The Balaban J connectivity index is 2.40. The van der Waals surface area contributed by atoms with E-state index in [9.17, 15) is 5.11 Å². The Morgan fingerprint density at radius 1 is 1.18 bits per heavy atom. The lowest BCUT2D eigenvalue weighted by Gasteiger charge is -2.14. The van der Waals surface area contributed by atoms with Crippen LogP contribution in [0.5, 0.6) is 0 Å². The molecule has 2 rings (SSSR count). The van der Waals surface area contributed by atoms with Gasteiger partial charge in [-0.3, -0.25) is 0 Å². The van der Waals surface area contributed by atoms with Gasteiger partial charge in [0.1, 0.15) is 0 Å². The molecule has 0 saturated heterocycles. The molecule has 1 N–H and O–H groups in total. The number of hydrogen-bond acceptors (Lipinski definition) is 1. The second-order valence-corrected chi connectivity index (χ2v) is 4.66. The van der Waals surface area contributed by atoms with E-state index in [4.69, 9.17) is 0 Å². The molecule has 2 aromatic rings. The zero-order valence-corrected chi connectivity index (χ0v) is 10.7. The van der Waals surface area contributed by atoms with Gasteiger partial charge in [0.05, 0.1) is 6.61 Å². The van der Waals surface area contributed by atoms with Gasteiger partial charge in [-0.05, 0) is 12.0 Å². The van der Waals surface area contributed by atoms with E-state index in [0.717, 1.165) is 18.0 Å². The molecule has 0 aliphatic heterocycles. The molecule has 0 unspecified atom stereocenters. The van der Waals surface area contributed by atoms with Crippen LogP contribution in [0.4, 0.5) is 0 Å². The van der Waals surface area contributed by atoms with Crippen molar-refractivity contribution in [1.29, 1.82) is 0 Å². The number of fused-ring (bicyclic) bond motifs is 1. The van der Waals surface area contributed by atoms with Crippen molar-refractivity contribution in [2.24, 2.45) is 5.92 Å². The molecule has 2 heteroatoms. The third-order valence-corrected chi connectivity index (χ3v) is 3.65. The number of aliphatic hydroxyl groups is 1. The normalized spacial score (nSPS) is 11.5. The Labute approximate surface area is 103 Å². The first-order chi connectivity index (χ1) is 8.30. The molecular formula is C15H21NO. The molecule has 2 nitrogen and oxygen atoms in total. The Hall–Kier alpha value is -1.28. The standard InChI is InChI=1S/C15H21NO/c1-3-12(4-2)9-16-10-13(11-17)14-7-5-6-8-15(14)16/h5-8,10,12,17H,3-4,9,11H2,1-2H3. The van der Waals surface area contributed by atoms with Gasteiger partial charge in [-0.15, -0.1) is 0 Å². The quantitative estimate of drug-likeness (QED) is 0.836. The average molecular weight is 231 g/mol. The third-order valence-electron chi connectivity index (χ3n) is 3.65. The van der Waals surface area contributed by atoms with Gasteiger partial charge in [0.2, 0.25) is 0 Å². The largest absolute Gasteiger partial charge is 0.392 e. The minimum atomic E-state index is 0.121. The highest BCUT2D eigenvalue weighted by Crippen LogP contribution is 2.23. The van der Waals surface area contributed by atoms with Crippen LogP contribution in [-0.4, -0.2) is 9.67 Å². The zero-order valence-electron chi connectivity index (χ0n) is 10.7. The lowest BCUT2D eigenvalue weighted by molar-refractivity contribution is 0.282. The number of aliphatic hydroxyl groups excluding tert-OH is 1. The van der Waals surface area contributed by atoms with E-state index in [2.05, 4.69) is 42.8 Å². The third kappa shape index (κ3) is 2.37. The highest BCUT2D eigenvalue weighted by Gasteiger charge is 2.10. The van der Waals surface area contributed by atoms with Gasteiger partial charge >= 0.3 is 0 Å². The maximum atomic E-state index is 9.38. The molecular weight excluding hydrogens is 210 g/mol. The van der Waals surface area contributed by atoms with E-state index in [0.29, 0.717) is 0 Å². The molecule has 1 aromatic heterocycles. The highest BCUT2D eigenvalue weighted by atomic mass is 16.3. The number of para-hydroxylation sites is 1. The van der Waals surface area contributed by atoms with Crippen LogP contribution in [0.15, 0.2) is 30.5 Å². The van der Waals surface area contributed by atoms with E-state index in [1.165, 1.54) is 23.7 Å². The second kappa shape index (κ2) is 5.37. The molecule has 0 bridgehead atoms. The second-order valence-electron chi connectivity index (χ2n) is 4.66. The molecule has 0 saturated carbocycles. The van der Waals surface area contributed by atoms with Crippen molar-refractivity contribution in [1.82, 2.24) is 4.57 Å². The summed E-state index contributed by atoms with van der Waals surface area (Å²) in [7, 11) is 0. The lowest BCUT2D eigenvalue weighted by Crippen LogP contribution is -2.08. The first-order valence-electron chi connectivity index (χ1n) is 6.47. The van der Waals surface area contributed by atoms with Crippen molar-refractivity contribution in [2.75, 3.05) is 0 Å². The Morgan fingerprint density at radius 3 is 2.53 bits per heavy atom. The van der Waals surface area contributed by atoms with Crippen molar-refractivity contribution in [2.45, 2.75) is 39.8 Å². The van der Waals surface area contributed by atoms with Crippen molar-refractivity contribution in [3.63, 3.8) is 0 Å². The summed E-state index contributed by atoms with van der Waals surface area (Å²) in [5.74, 6) is 0.720. The summed E-state index contributed by atoms with van der Waals surface area (Å²) >= 11 is 0. The van der Waals surface area contributed by atoms with Gasteiger partial charge in [0.25, 0.3) is 0 Å². The Bertz CT molecular complexity index is 483. The summed E-state index contributed by atoms with van der Waals surface area (Å²) in [5, 5.41) is 10.6. The monoisotopic (exact) mass is 231 g/mol. The number of nitrogens with zero attached hydrogens (tertiary/aromatic N) is 1. The van der Waals surface area contributed by atoms with Crippen LogP contribution in [0.2, 0.25) is 0 Å². The number of rotatable bonds is 5. The van der Waals surface area contributed by atoms with Gasteiger partial charge in [-0.25, -0.2) is 0 Å². The molecule has 0 spiro atoms. The smallest absolute Gasteiger partial charge is 0.0702 e. The molecule has 17 heavy (non-hydrogen) atoms. The Morgan fingerprint density at radius 2 is 1.88 bits per heavy atom. The zero-order chi connectivity index (χ0) is 12.3. The number of hydrogen-bond donors (Lipinski definition) is 1. The number of aromatic nitrogens is 1. The SMILES string of the molecule is CCC(CC)Cn1cc(CO)c2ccccc21. The molecule has 0 radical (unpaired) electrons. The molecule has 0 aliphatic rings. The fourth-order valence-electron chi connectivity index (χ4n) is 2.42. The molecule has 1 heterocycles. The summed E-state index contributed by atoms with van der Waals surface area (Å²) in [6.45, 7) is 5.66. The summed E-state index contributed by atoms with van der Waals surface area (Å²) < 4.78 is 2.29. The van der Waals surface area contributed by atoms with E-state index in [1.807, 2.05) is 6.07 Å². The van der Waals surface area contributed by atoms with Crippen LogP contribution < -0.4 is 0 Å². The van der Waals surface area contributed by atoms with E-state index in [1.54, 1.807) is 0 Å². The minimum Gasteiger partial charge on any atom is -0.392 e. The van der Waals surface area contributed by atoms with Crippen molar-refractivity contribution < 1.29 is 5.11 Å². The average Bonchev–Trinajstić information content (AvgIpc) is 2.74. The fraction of sp³-hybridized carbons (Fsp3) is 0.467. The van der Waals surface area contributed by atoms with Crippen LogP contribution in [0.3, 0.4) is 0 Å². The van der Waals surface area contributed by atoms with Gasteiger partial charge in [-0.2, -0.15) is 0 Å². The van der Waals surface area contributed by atoms with Crippen molar-refractivity contribution >= 4 is 10.9 Å². The van der Waals surface area contributed by atoms with E-state index < -0.39 is 0 Å². The van der Waals surface area contributed by atoms with Crippen molar-refractivity contribution in [3.05, 3.63) is 36.0 Å². The Kier molecular flexibility index (Phi) is 3.85. The first kappa shape index (κ1) is 12.2. The van der Waals surface area contributed by atoms with Gasteiger partial charge < -0.3 is 9.67 Å². The predicted octanol–water partition coefficient (Wildman–Crippen LogP) is 3.57. The summed E-state index contributed by atoms with van der Waals surface area (Å²) in [6.07, 6.45) is 4.51. The van der Waals surface area contributed by atoms with Gasteiger partial charge in [0, 0.05) is 29.2 Å². The van der Waals surface area contributed by atoms with Gasteiger partial charge in [0.15, 0.2) is 0 Å². The van der Waals surface area contributed by atoms with Crippen LogP contribution >= 0.6 is 0 Å². The van der Waals surface area contributed by atoms with E-state index in [-0.39, 0.29) is 6.61 Å². The summed E-state index contributed by atoms with van der Waals surface area (Å²) in [4.78, 5) is 0. The first-order valence-corrected chi connectivity index (χ1v) is 6.47. The van der Waals surface area contributed by atoms with E-state index >= 15 is 0 Å². The van der Waals surface area contributed by atoms with Gasteiger partial charge in [-0.1, -0.05) is 44.9 Å². The molecule has 0 aliphatic carbocycles. The van der Waals surface area contributed by atoms with Crippen LogP contribution in [0.1, 0.15) is 32.3 Å². The molecule has 0 fully saturated rings. The molecule has 1 aromatic carbocycles. The highest BCUT2D eigenvalue weighted by molar-refractivity contribution is 5.83. The molecule has 0 amide bonds. The maximum Gasteiger partial charge on any atom is 0.0702 e. The van der Waals surface area contributed by atoms with Crippen molar-refractivity contribution in [3.8, 4) is 0 Å². The number of benzene rings is 1. The van der Waals surface area contributed by atoms with Crippen LogP contribution in [0.25, 0.3) is 10.9 Å². The lowest BCUT2D eigenvalue weighted by atomic mass is 10.0. The molecule has 0 atom stereocenters. The molecule has 92 valence electrons. The summed E-state index contributed by atoms with van der Waals surface area (Å²) in [5.41, 5.74) is 2.27. The van der Waals surface area contributed by atoms with Crippen LogP contribution in [0, 0.1) is 5.92 Å². The van der Waals surface area contributed by atoms with Crippen LogP contribution in [-0.2, 0) is 13.2 Å². The fourth-order valence-corrected chi connectivity index (χ4v) is 2.42. The predicted molar refractivity (Wildman–Crippen MR) is 71.9 cm³/mol.